The molecule has 1 aromatic carbocycles. The molecule has 35 heavy (non-hydrogen) atoms. The molecule has 1 aliphatic carbocycles. The number of hydrogen-bond acceptors (Lipinski definition) is 5. The van der Waals surface area contributed by atoms with E-state index in [1.807, 2.05) is 49.4 Å². The van der Waals surface area contributed by atoms with Crippen LogP contribution in [0.15, 0.2) is 48.7 Å². The van der Waals surface area contributed by atoms with Crippen LogP contribution in [0.2, 0.25) is 0 Å². The van der Waals surface area contributed by atoms with E-state index in [0.29, 0.717) is 24.6 Å². The minimum Gasteiger partial charge on any atom is -0.445 e. The fourth-order valence-electron chi connectivity index (χ4n) is 5.26. The molecule has 9 heteroatoms. The molecule has 182 valence electrons. The number of anilines is 1. The number of aryl methyl sites for hydroxylation is 2. The monoisotopic (exact) mass is 479 g/mol. The second-order valence-corrected chi connectivity index (χ2v) is 9.91. The van der Waals surface area contributed by atoms with Crippen molar-refractivity contribution in [1.82, 2.24) is 19.4 Å². The Labute approximate surface area is 202 Å². The molecule has 3 aromatic rings. The van der Waals surface area contributed by atoms with Crippen LogP contribution < -0.4 is 5.32 Å². The van der Waals surface area contributed by atoms with Crippen molar-refractivity contribution in [3.63, 3.8) is 0 Å². The molecule has 2 aliphatic heterocycles. The normalized spacial score (nSPS) is 21.2. The Balaban J connectivity index is 1.13. The highest BCUT2D eigenvalue weighted by atomic mass is 19.3. The SMILES string of the molecule is Cc1nc(NC2CN(C(=O)OCc3ccccc3)CC23CC3)ccc1-c1cn2c(n1)C(F)(F)CC2. The van der Waals surface area contributed by atoms with Gasteiger partial charge in [0.2, 0.25) is 0 Å². The van der Waals surface area contributed by atoms with Crippen LogP contribution in [0.4, 0.5) is 19.4 Å². The molecule has 4 heterocycles. The van der Waals surface area contributed by atoms with E-state index in [-0.39, 0.29) is 42.9 Å². The van der Waals surface area contributed by atoms with Crippen LogP contribution in [-0.4, -0.2) is 44.7 Å². The van der Waals surface area contributed by atoms with E-state index in [1.54, 1.807) is 11.1 Å². The summed E-state index contributed by atoms with van der Waals surface area (Å²) < 4.78 is 35.1. The number of imidazole rings is 1. The fraction of sp³-hybridized carbons (Fsp3) is 0.423. The van der Waals surface area contributed by atoms with Gasteiger partial charge in [-0.1, -0.05) is 30.3 Å². The molecule has 2 aromatic heterocycles. The topological polar surface area (TPSA) is 72.3 Å². The van der Waals surface area contributed by atoms with Crippen LogP contribution in [-0.2, 0) is 23.8 Å². The van der Waals surface area contributed by atoms with Gasteiger partial charge in [-0.05, 0) is 37.5 Å². The summed E-state index contributed by atoms with van der Waals surface area (Å²) in [6.45, 7) is 3.61. The number of nitrogens with one attached hydrogen (secondary N) is 1. The fourth-order valence-corrected chi connectivity index (χ4v) is 5.26. The lowest BCUT2D eigenvalue weighted by molar-refractivity contribution is -0.00617. The van der Waals surface area contributed by atoms with Crippen LogP contribution in [0.5, 0.6) is 0 Å². The number of carbonyl (C=O) groups excluding carboxylic acids is 1. The van der Waals surface area contributed by atoms with Gasteiger partial charge in [-0.25, -0.2) is 14.8 Å². The number of ether oxygens (including phenoxy) is 1. The summed E-state index contributed by atoms with van der Waals surface area (Å²) in [6.07, 6.45) is 3.29. The Morgan fingerprint density at radius 2 is 1.94 bits per heavy atom. The van der Waals surface area contributed by atoms with Crippen molar-refractivity contribution in [2.24, 2.45) is 5.41 Å². The average Bonchev–Trinajstić information content (AvgIpc) is 3.21. The van der Waals surface area contributed by atoms with E-state index < -0.39 is 5.92 Å². The zero-order valence-electron chi connectivity index (χ0n) is 19.5. The standard InChI is InChI=1S/C26H27F2N5O2/c1-17-19(20-13-32-12-11-26(27,28)23(32)30-20)7-8-22(29-17)31-21-14-33(16-25(21)9-10-25)24(34)35-15-18-5-3-2-4-6-18/h2-8,13,21H,9-12,14-16H2,1H3,(H,29,31). The highest BCUT2D eigenvalue weighted by Gasteiger charge is 2.56. The van der Waals surface area contributed by atoms with Crippen LogP contribution in [0.25, 0.3) is 11.3 Å². The number of alkyl halides is 2. The number of fused-ring (bicyclic) bond motifs is 1. The van der Waals surface area contributed by atoms with E-state index >= 15 is 0 Å². The number of halogens is 2. The molecular formula is C26H27F2N5O2. The van der Waals surface area contributed by atoms with E-state index in [0.717, 1.165) is 29.7 Å². The summed E-state index contributed by atoms with van der Waals surface area (Å²) in [5, 5.41) is 3.52. The molecule has 6 rings (SSSR count). The minimum absolute atomic E-state index is 0.0519. The van der Waals surface area contributed by atoms with Gasteiger partial charge in [0.15, 0.2) is 5.82 Å². The summed E-state index contributed by atoms with van der Waals surface area (Å²) in [4.78, 5) is 23.4. The Hall–Kier alpha value is -3.49. The van der Waals surface area contributed by atoms with Crippen molar-refractivity contribution in [2.45, 2.75) is 51.3 Å². The van der Waals surface area contributed by atoms with Crippen molar-refractivity contribution >= 4 is 11.9 Å². The number of pyridine rings is 1. The molecule has 1 amide bonds. The number of likely N-dealkylation sites (tertiary alicyclic amines) is 1. The number of aromatic nitrogens is 3. The highest BCUT2D eigenvalue weighted by Crippen LogP contribution is 2.53. The van der Waals surface area contributed by atoms with E-state index in [9.17, 15) is 13.6 Å². The summed E-state index contributed by atoms with van der Waals surface area (Å²) in [7, 11) is 0. The third kappa shape index (κ3) is 4.02. The summed E-state index contributed by atoms with van der Waals surface area (Å²) in [5.74, 6) is -2.34. The molecule has 1 saturated carbocycles. The number of hydrogen-bond donors (Lipinski definition) is 1. The molecular weight excluding hydrogens is 452 g/mol. The smallest absolute Gasteiger partial charge is 0.410 e. The first-order chi connectivity index (χ1) is 16.8. The molecule has 1 spiro atoms. The van der Waals surface area contributed by atoms with Gasteiger partial charge in [0.25, 0.3) is 0 Å². The Morgan fingerprint density at radius 1 is 1.14 bits per heavy atom. The van der Waals surface area contributed by atoms with E-state index in [2.05, 4.69) is 15.3 Å². The van der Waals surface area contributed by atoms with Crippen molar-refractivity contribution in [3.8, 4) is 11.3 Å². The van der Waals surface area contributed by atoms with Crippen molar-refractivity contribution < 1.29 is 18.3 Å². The van der Waals surface area contributed by atoms with Gasteiger partial charge >= 0.3 is 12.0 Å². The number of nitrogens with zero attached hydrogens (tertiary/aromatic N) is 4. The largest absolute Gasteiger partial charge is 0.445 e. The zero-order valence-corrected chi connectivity index (χ0v) is 19.5. The van der Waals surface area contributed by atoms with E-state index in [4.69, 9.17) is 4.74 Å². The van der Waals surface area contributed by atoms with Gasteiger partial charge in [-0.15, -0.1) is 0 Å². The molecule has 7 nitrogen and oxygen atoms in total. The second-order valence-electron chi connectivity index (χ2n) is 9.91. The van der Waals surface area contributed by atoms with Crippen molar-refractivity contribution in [1.29, 1.82) is 0 Å². The number of amides is 1. The molecule has 1 unspecified atom stereocenters. The van der Waals surface area contributed by atoms with Crippen LogP contribution >= 0.6 is 0 Å². The van der Waals surface area contributed by atoms with Gasteiger partial charge in [0.05, 0.1) is 11.7 Å². The third-order valence-electron chi connectivity index (χ3n) is 7.46. The molecule has 1 N–H and O–H groups in total. The van der Waals surface area contributed by atoms with Gasteiger partial charge in [-0.2, -0.15) is 8.78 Å². The zero-order chi connectivity index (χ0) is 24.2. The Bertz CT molecular complexity index is 1270. The summed E-state index contributed by atoms with van der Waals surface area (Å²) in [5.41, 5.74) is 2.99. The third-order valence-corrected chi connectivity index (χ3v) is 7.46. The number of rotatable bonds is 5. The highest BCUT2D eigenvalue weighted by molar-refractivity contribution is 5.69. The first-order valence-corrected chi connectivity index (χ1v) is 12.0. The lowest BCUT2D eigenvalue weighted by Gasteiger charge is -2.19. The second kappa shape index (κ2) is 8.03. The van der Waals surface area contributed by atoms with Gasteiger partial charge in [-0.3, -0.25) is 0 Å². The maximum Gasteiger partial charge on any atom is 0.410 e. The Morgan fingerprint density at radius 3 is 2.66 bits per heavy atom. The minimum atomic E-state index is -2.88. The number of benzene rings is 1. The molecule has 0 radical (unpaired) electrons. The van der Waals surface area contributed by atoms with Gasteiger partial charge in [0.1, 0.15) is 12.4 Å². The molecule has 1 saturated heterocycles. The molecule has 3 aliphatic rings. The lowest BCUT2D eigenvalue weighted by Crippen LogP contribution is -2.32. The van der Waals surface area contributed by atoms with Gasteiger partial charge < -0.3 is 19.5 Å². The van der Waals surface area contributed by atoms with Gasteiger partial charge in [0, 0.05) is 48.9 Å². The first kappa shape index (κ1) is 22.0. The summed E-state index contributed by atoms with van der Waals surface area (Å²) >= 11 is 0. The molecule has 2 fully saturated rings. The maximum atomic E-state index is 14.0. The van der Waals surface area contributed by atoms with E-state index in [1.165, 1.54) is 4.57 Å². The lowest BCUT2D eigenvalue weighted by atomic mass is 10.0. The predicted octanol–water partition coefficient (Wildman–Crippen LogP) is 4.96. The quantitative estimate of drug-likeness (QED) is 0.560. The number of carbonyl (C=O) groups is 1. The predicted molar refractivity (Wildman–Crippen MR) is 126 cm³/mol. The summed E-state index contributed by atoms with van der Waals surface area (Å²) in [6, 6.07) is 13.5. The molecule has 1 atom stereocenters. The van der Waals surface area contributed by atoms with Crippen LogP contribution in [0.1, 0.15) is 36.3 Å². The average molecular weight is 480 g/mol. The molecule has 0 bridgehead atoms. The van der Waals surface area contributed by atoms with Crippen LogP contribution in [0.3, 0.4) is 0 Å². The van der Waals surface area contributed by atoms with Crippen molar-refractivity contribution in [3.05, 3.63) is 65.7 Å². The van der Waals surface area contributed by atoms with Crippen molar-refractivity contribution in [2.75, 3.05) is 18.4 Å². The first-order valence-electron chi connectivity index (χ1n) is 12.0. The van der Waals surface area contributed by atoms with Crippen LogP contribution in [0, 0.1) is 12.3 Å². The Kier molecular flexibility index (Phi) is 5.05. The maximum absolute atomic E-state index is 14.0.